The van der Waals surface area contributed by atoms with E-state index >= 15 is 0 Å². The Morgan fingerprint density at radius 3 is 2.88 bits per heavy atom. The van der Waals surface area contributed by atoms with Gasteiger partial charge in [-0.15, -0.1) is 0 Å². The molecule has 0 saturated carbocycles. The highest BCUT2D eigenvalue weighted by molar-refractivity contribution is 5.96. The number of phenolic OH excluding ortho intramolecular Hbond substituents is 1. The van der Waals surface area contributed by atoms with Gasteiger partial charge in [-0.1, -0.05) is 6.07 Å². The Kier molecular flexibility index (Phi) is 4.97. The van der Waals surface area contributed by atoms with E-state index < -0.39 is 0 Å². The molecule has 1 rings (SSSR count). The monoisotopic (exact) mass is 236 g/mol. The van der Waals surface area contributed by atoms with Gasteiger partial charge >= 0.3 is 0 Å². The van der Waals surface area contributed by atoms with Crippen molar-refractivity contribution in [3.05, 3.63) is 29.3 Å². The topological polar surface area (TPSA) is 75.3 Å². The average Bonchev–Trinajstić information content (AvgIpc) is 2.27. The summed E-state index contributed by atoms with van der Waals surface area (Å²) in [4.78, 5) is 11.8. The van der Waals surface area contributed by atoms with Crippen LogP contribution in [0.15, 0.2) is 18.2 Å². The SMILES string of the molecule is Cc1c(O)cccc1C(=O)NCCCC(C)N. The van der Waals surface area contributed by atoms with E-state index in [0.29, 0.717) is 17.7 Å². The summed E-state index contributed by atoms with van der Waals surface area (Å²) < 4.78 is 0. The molecule has 94 valence electrons. The minimum Gasteiger partial charge on any atom is -0.508 e. The van der Waals surface area contributed by atoms with Gasteiger partial charge in [0.25, 0.3) is 5.91 Å². The van der Waals surface area contributed by atoms with Crippen molar-refractivity contribution in [3.8, 4) is 5.75 Å². The van der Waals surface area contributed by atoms with Gasteiger partial charge in [0.1, 0.15) is 5.75 Å². The van der Waals surface area contributed by atoms with E-state index in [1.54, 1.807) is 25.1 Å². The second-order valence-corrected chi connectivity index (χ2v) is 4.33. The van der Waals surface area contributed by atoms with E-state index in [-0.39, 0.29) is 17.7 Å². The van der Waals surface area contributed by atoms with Gasteiger partial charge in [-0.2, -0.15) is 0 Å². The first-order valence-corrected chi connectivity index (χ1v) is 5.84. The predicted octanol–water partition coefficient (Wildman–Crippen LogP) is 1.56. The summed E-state index contributed by atoms with van der Waals surface area (Å²) >= 11 is 0. The number of hydrogen-bond donors (Lipinski definition) is 3. The van der Waals surface area contributed by atoms with Crippen LogP contribution in [0.4, 0.5) is 0 Å². The molecule has 4 N–H and O–H groups in total. The van der Waals surface area contributed by atoms with Crippen LogP contribution in [0.1, 0.15) is 35.7 Å². The first-order chi connectivity index (χ1) is 8.02. The lowest BCUT2D eigenvalue weighted by Crippen LogP contribution is -2.26. The lowest BCUT2D eigenvalue weighted by atomic mass is 10.1. The minimum absolute atomic E-state index is 0.147. The number of hydrogen-bond acceptors (Lipinski definition) is 3. The van der Waals surface area contributed by atoms with Gasteiger partial charge < -0.3 is 16.2 Å². The second-order valence-electron chi connectivity index (χ2n) is 4.33. The molecule has 4 heteroatoms. The van der Waals surface area contributed by atoms with Crippen LogP contribution in [0, 0.1) is 6.92 Å². The Labute approximate surface area is 102 Å². The maximum Gasteiger partial charge on any atom is 0.251 e. The first-order valence-electron chi connectivity index (χ1n) is 5.84. The molecule has 0 aliphatic rings. The normalized spacial score (nSPS) is 12.2. The molecule has 1 unspecified atom stereocenters. The van der Waals surface area contributed by atoms with Crippen LogP contribution in [-0.2, 0) is 0 Å². The fraction of sp³-hybridized carbons (Fsp3) is 0.462. The van der Waals surface area contributed by atoms with Gasteiger partial charge in [-0.25, -0.2) is 0 Å². The van der Waals surface area contributed by atoms with Gasteiger partial charge in [0.15, 0.2) is 0 Å². The summed E-state index contributed by atoms with van der Waals surface area (Å²) in [6.45, 7) is 4.28. The van der Waals surface area contributed by atoms with Crippen LogP contribution < -0.4 is 11.1 Å². The van der Waals surface area contributed by atoms with E-state index in [1.165, 1.54) is 0 Å². The maximum absolute atomic E-state index is 11.8. The molecular formula is C13H20N2O2. The lowest BCUT2D eigenvalue weighted by molar-refractivity contribution is 0.0951. The molecule has 0 fully saturated rings. The Morgan fingerprint density at radius 2 is 2.24 bits per heavy atom. The van der Waals surface area contributed by atoms with E-state index in [1.807, 2.05) is 6.92 Å². The number of nitrogens with two attached hydrogens (primary N) is 1. The zero-order valence-corrected chi connectivity index (χ0v) is 10.4. The van der Waals surface area contributed by atoms with E-state index in [0.717, 1.165) is 12.8 Å². The van der Waals surface area contributed by atoms with Crippen LogP contribution in [-0.4, -0.2) is 23.6 Å². The van der Waals surface area contributed by atoms with Crippen LogP contribution >= 0.6 is 0 Å². The molecule has 0 saturated heterocycles. The summed E-state index contributed by atoms with van der Waals surface area (Å²) in [7, 11) is 0. The zero-order chi connectivity index (χ0) is 12.8. The van der Waals surface area contributed by atoms with E-state index in [2.05, 4.69) is 5.32 Å². The maximum atomic E-state index is 11.8. The Morgan fingerprint density at radius 1 is 1.53 bits per heavy atom. The van der Waals surface area contributed by atoms with Crippen LogP contribution in [0.25, 0.3) is 0 Å². The van der Waals surface area contributed by atoms with Crippen molar-refractivity contribution in [1.82, 2.24) is 5.32 Å². The largest absolute Gasteiger partial charge is 0.508 e. The number of carbonyl (C=O) groups is 1. The third-order valence-corrected chi connectivity index (χ3v) is 2.67. The number of nitrogens with one attached hydrogen (secondary N) is 1. The molecule has 17 heavy (non-hydrogen) atoms. The van der Waals surface area contributed by atoms with Crippen molar-refractivity contribution in [3.63, 3.8) is 0 Å². The highest BCUT2D eigenvalue weighted by atomic mass is 16.3. The summed E-state index contributed by atoms with van der Waals surface area (Å²) in [5, 5.41) is 12.3. The van der Waals surface area contributed by atoms with Gasteiger partial charge in [0.2, 0.25) is 0 Å². The number of amides is 1. The molecule has 1 atom stereocenters. The minimum atomic E-state index is -0.150. The summed E-state index contributed by atoms with van der Waals surface area (Å²) in [5.74, 6) is -0.00342. The Balaban J connectivity index is 2.50. The lowest BCUT2D eigenvalue weighted by Gasteiger charge is -2.09. The molecular weight excluding hydrogens is 216 g/mol. The Hall–Kier alpha value is -1.55. The van der Waals surface area contributed by atoms with Crippen LogP contribution in [0.2, 0.25) is 0 Å². The average molecular weight is 236 g/mol. The molecule has 0 aliphatic heterocycles. The quantitative estimate of drug-likeness (QED) is 0.679. The second kappa shape index (κ2) is 6.25. The van der Waals surface area contributed by atoms with Crippen molar-refractivity contribution >= 4 is 5.91 Å². The third kappa shape index (κ3) is 4.07. The summed E-state index contributed by atoms with van der Waals surface area (Å²) in [6, 6.07) is 5.10. The molecule has 1 amide bonds. The molecule has 0 radical (unpaired) electrons. The van der Waals surface area contributed by atoms with Gasteiger partial charge in [0, 0.05) is 23.7 Å². The predicted molar refractivity (Wildman–Crippen MR) is 68.1 cm³/mol. The summed E-state index contributed by atoms with van der Waals surface area (Å²) in [6.07, 6.45) is 1.75. The van der Waals surface area contributed by atoms with Crippen molar-refractivity contribution in [2.45, 2.75) is 32.7 Å². The van der Waals surface area contributed by atoms with E-state index in [9.17, 15) is 9.90 Å². The van der Waals surface area contributed by atoms with Crippen LogP contribution in [0.3, 0.4) is 0 Å². The van der Waals surface area contributed by atoms with Crippen molar-refractivity contribution < 1.29 is 9.90 Å². The first kappa shape index (κ1) is 13.5. The molecule has 1 aromatic carbocycles. The molecule has 4 nitrogen and oxygen atoms in total. The van der Waals surface area contributed by atoms with E-state index in [4.69, 9.17) is 5.73 Å². The number of phenols is 1. The van der Waals surface area contributed by atoms with Crippen molar-refractivity contribution in [2.75, 3.05) is 6.54 Å². The number of carbonyl (C=O) groups excluding carboxylic acids is 1. The van der Waals surface area contributed by atoms with Crippen molar-refractivity contribution in [1.29, 1.82) is 0 Å². The molecule has 0 heterocycles. The molecule has 0 aliphatic carbocycles. The molecule has 0 aromatic heterocycles. The number of aromatic hydroxyl groups is 1. The molecule has 0 bridgehead atoms. The standard InChI is InChI=1S/C13H20N2O2/c1-9(14)5-4-8-15-13(17)11-6-3-7-12(16)10(11)2/h3,6-7,9,16H,4-5,8,14H2,1-2H3,(H,15,17). The van der Waals surface area contributed by atoms with Gasteiger partial charge in [-0.05, 0) is 38.8 Å². The Bertz CT molecular complexity index is 389. The fourth-order valence-corrected chi connectivity index (χ4v) is 1.59. The third-order valence-electron chi connectivity index (χ3n) is 2.67. The zero-order valence-electron chi connectivity index (χ0n) is 10.4. The fourth-order valence-electron chi connectivity index (χ4n) is 1.59. The molecule has 0 spiro atoms. The highest BCUT2D eigenvalue weighted by Gasteiger charge is 2.10. The number of rotatable bonds is 5. The smallest absolute Gasteiger partial charge is 0.251 e. The molecule has 1 aromatic rings. The van der Waals surface area contributed by atoms with Gasteiger partial charge in [0.05, 0.1) is 0 Å². The van der Waals surface area contributed by atoms with Gasteiger partial charge in [-0.3, -0.25) is 4.79 Å². The van der Waals surface area contributed by atoms with Crippen molar-refractivity contribution in [2.24, 2.45) is 5.73 Å². The number of benzene rings is 1. The van der Waals surface area contributed by atoms with Crippen LogP contribution in [0.5, 0.6) is 5.75 Å². The highest BCUT2D eigenvalue weighted by Crippen LogP contribution is 2.19. The summed E-state index contributed by atoms with van der Waals surface area (Å²) in [5.41, 5.74) is 6.75.